The van der Waals surface area contributed by atoms with Crippen molar-refractivity contribution in [1.82, 2.24) is 0 Å². The largest absolute Gasteiger partial charge is 0.511 e. The van der Waals surface area contributed by atoms with Gasteiger partial charge >= 0.3 is 0 Å². The lowest BCUT2D eigenvalue weighted by Gasteiger charge is -2.11. The lowest BCUT2D eigenvalue weighted by Crippen LogP contribution is -2.25. The van der Waals surface area contributed by atoms with Gasteiger partial charge in [-0.15, -0.1) is 0 Å². The van der Waals surface area contributed by atoms with Crippen molar-refractivity contribution in [3.8, 4) is 0 Å². The topological polar surface area (TPSA) is 46.2 Å². The Balaban J connectivity index is 2.66. The maximum atomic E-state index is 9.57. The molecule has 82 valence electrons. The Morgan fingerprint density at radius 1 is 1.60 bits per heavy atom. The van der Waals surface area contributed by atoms with Crippen molar-refractivity contribution in [1.29, 1.82) is 0 Å². The zero-order chi connectivity index (χ0) is 11.3. The Morgan fingerprint density at radius 2 is 2.33 bits per heavy atom. The van der Waals surface area contributed by atoms with Crippen molar-refractivity contribution >= 4 is 15.9 Å². The SMILES string of the molecule is CC/C=C(\O)C(N)Cc1cccc(Br)c1. The Hall–Kier alpha value is -0.800. The second-order valence-electron chi connectivity index (χ2n) is 3.48. The molecule has 0 fully saturated rings. The maximum Gasteiger partial charge on any atom is 0.105 e. The van der Waals surface area contributed by atoms with Crippen LogP contribution in [0.5, 0.6) is 0 Å². The van der Waals surface area contributed by atoms with Crippen LogP contribution in [0.15, 0.2) is 40.6 Å². The number of hydrogen-bond acceptors (Lipinski definition) is 2. The molecule has 15 heavy (non-hydrogen) atoms. The summed E-state index contributed by atoms with van der Waals surface area (Å²) in [4.78, 5) is 0. The minimum Gasteiger partial charge on any atom is -0.511 e. The van der Waals surface area contributed by atoms with E-state index in [4.69, 9.17) is 5.73 Å². The Kier molecular flexibility index (Phi) is 4.85. The molecule has 1 atom stereocenters. The third-order valence-electron chi connectivity index (χ3n) is 2.14. The summed E-state index contributed by atoms with van der Waals surface area (Å²) in [5.74, 6) is 0.275. The van der Waals surface area contributed by atoms with Crippen LogP contribution in [0.25, 0.3) is 0 Å². The van der Waals surface area contributed by atoms with Gasteiger partial charge in [0.2, 0.25) is 0 Å². The van der Waals surface area contributed by atoms with E-state index in [1.807, 2.05) is 31.2 Å². The van der Waals surface area contributed by atoms with Crippen LogP contribution in [0.1, 0.15) is 18.9 Å². The van der Waals surface area contributed by atoms with Crippen LogP contribution < -0.4 is 5.73 Å². The normalized spacial score (nSPS) is 13.9. The Morgan fingerprint density at radius 3 is 2.93 bits per heavy atom. The van der Waals surface area contributed by atoms with E-state index in [9.17, 15) is 5.11 Å². The van der Waals surface area contributed by atoms with E-state index in [2.05, 4.69) is 15.9 Å². The predicted molar refractivity (Wildman–Crippen MR) is 66.8 cm³/mol. The number of allylic oxidation sites excluding steroid dienone is 1. The van der Waals surface area contributed by atoms with Crippen LogP contribution >= 0.6 is 15.9 Å². The maximum absolute atomic E-state index is 9.57. The average molecular weight is 270 g/mol. The van der Waals surface area contributed by atoms with E-state index in [-0.39, 0.29) is 11.8 Å². The number of halogens is 1. The molecule has 0 spiro atoms. The van der Waals surface area contributed by atoms with Crippen LogP contribution in [0, 0.1) is 0 Å². The van der Waals surface area contributed by atoms with Gasteiger partial charge in [-0.3, -0.25) is 0 Å². The molecule has 0 radical (unpaired) electrons. The van der Waals surface area contributed by atoms with Crippen LogP contribution in [0.4, 0.5) is 0 Å². The standard InChI is InChI=1S/C12H16BrNO/c1-2-4-12(15)11(14)8-9-5-3-6-10(13)7-9/h3-7,11,15H,2,8,14H2,1H3/b12-4-. The van der Waals surface area contributed by atoms with E-state index < -0.39 is 0 Å². The Bertz CT molecular complexity index is 349. The molecular formula is C12H16BrNO. The fourth-order valence-electron chi connectivity index (χ4n) is 1.38. The van der Waals surface area contributed by atoms with Crippen molar-refractivity contribution in [3.63, 3.8) is 0 Å². The fraction of sp³-hybridized carbons (Fsp3) is 0.333. The third-order valence-corrected chi connectivity index (χ3v) is 2.63. The minimum absolute atomic E-state index is 0.275. The zero-order valence-electron chi connectivity index (χ0n) is 8.78. The molecule has 0 saturated heterocycles. The summed E-state index contributed by atoms with van der Waals surface area (Å²) in [7, 11) is 0. The van der Waals surface area contributed by atoms with Crippen molar-refractivity contribution in [3.05, 3.63) is 46.1 Å². The first kappa shape index (κ1) is 12.3. The van der Waals surface area contributed by atoms with E-state index in [1.54, 1.807) is 6.08 Å². The summed E-state index contributed by atoms with van der Waals surface area (Å²) in [6, 6.07) is 7.64. The van der Waals surface area contributed by atoms with Gasteiger partial charge in [0.1, 0.15) is 5.76 Å². The monoisotopic (exact) mass is 269 g/mol. The van der Waals surface area contributed by atoms with Crippen molar-refractivity contribution in [2.24, 2.45) is 5.73 Å². The van der Waals surface area contributed by atoms with Gasteiger partial charge in [-0.1, -0.05) is 35.0 Å². The van der Waals surface area contributed by atoms with Crippen LogP contribution in [0.2, 0.25) is 0 Å². The number of hydrogen-bond donors (Lipinski definition) is 2. The molecule has 0 heterocycles. The van der Waals surface area contributed by atoms with Crippen molar-refractivity contribution in [2.75, 3.05) is 0 Å². The summed E-state index contributed by atoms with van der Waals surface area (Å²) < 4.78 is 1.03. The number of aliphatic hydroxyl groups excluding tert-OH is 1. The molecule has 0 aliphatic carbocycles. The molecule has 0 bridgehead atoms. The zero-order valence-corrected chi connectivity index (χ0v) is 10.4. The number of aliphatic hydroxyl groups is 1. The summed E-state index contributed by atoms with van der Waals surface area (Å²) in [6.45, 7) is 1.97. The second-order valence-corrected chi connectivity index (χ2v) is 4.39. The molecule has 1 unspecified atom stereocenters. The van der Waals surface area contributed by atoms with Gasteiger partial charge in [-0.05, 0) is 36.6 Å². The lowest BCUT2D eigenvalue weighted by molar-refractivity contribution is 0.363. The van der Waals surface area contributed by atoms with Crippen LogP contribution in [0.3, 0.4) is 0 Å². The van der Waals surface area contributed by atoms with Gasteiger partial charge in [-0.25, -0.2) is 0 Å². The van der Waals surface area contributed by atoms with Crippen molar-refractivity contribution in [2.45, 2.75) is 25.8 Å². The van der Waals surface area contributed by atoms with Gasteiger partial charge in [0.05, 0.1) is 6.04 Å². The summed E-state index contributed by atoms with van der Waals surface area (Å²) in [5, 5.41) is 9.57. The van der Waals surface area contributed by atoms with Crippen molar-refractivity contribution < 1.29 is 5.11 Å². The summed E-state index contributed by atoms with van der Waals surface area (Å²) in [5.41, 5.74) is 6.97. The van der Waals surface area contributed by atoms with Gasteiger partial charge in [0, 0.05) is 4.47 Å². The highest BCUT2D eigenvalue weighted by Gasteiger charge is 2.08. The molecule has 0 aromatic heterocycles. The van der Waals surface area contributed by atoms with E-state index in [0.717, 1.165) is 16.5 Å². The van der Waals surface area contributed by atoms with Gasteiger partial charge in [0.25, 0.3) is 0 Å². The molecular weight excluding hydrogens is 254 g/mol. The molecule has 0 aliphatic rings. The molecule has 0 amide bonds. The van der Waals surface area contributed by atoms with Gasteiger partial charge in [-0.2, -0.15) is 0 Å². The Labute approximate surface area is 98.9 Å². The number of rotatable bonds is 4. The van der Waals surface area contributed by atoms with Crippen LogP contribution in [-0.2, 0) is 6.42 Å². The smallest absolute Gasteiger partial charge is 0.105 e. The second kappa shape index (κ2) is 5.93. The van der Waals surface area contributed by atoms with E-state index in [1.165, 1.54) is 0 Å². The first-order valence-corrected chi connectivity index (χ1v) is 5.81. The first-order chi connectivity index (χ1) is 7.13. The molecule has 1 rings (SSSR count). The highest BCUT2D eigenvalue weighted by molar-refractivity contribution is 9.10. The molecule has 0 aliphatic heterocycles. The lowest BCUT2D eigenvalue weighted by atomic mass is 10.0. The van der Waals surface area contributed by atoms with Gasteiger partial charge < -0.3 is 10.8 Å². The van der Waals surface area contributed by atoms with Crippen LogP contribution in [-0.4, -0.2) is 11.1 Å². The fourth-order valence-corrected chi connectivity index (χ4v) is 1.83. The van der Waals surface area contributed by atoms with Gasteiger partial charge in [0.15, 0.2) is 0 Å². The average Bonchev–Trinajstić information content (AvgIpc) is 2.18. The molecule has 3 N–H and O–H groups in total. The number of nitrogens with two attached hydrogens (primary N) is 1. The summed E-state index contributed by atoms with van der Waals surface area (Å²) in [6.07, 6.45) is 3.21. The highest BCUT2D eigenvalue weighted by atomic mass is 79.9. The molecule has 0 saturated carbocycles. The molecule has 1 aromatic carbocycles. The third kappa shape index (κ3) is 4.06. The summed E-state index contributed by atoms with van der Waals surface area (Å²) >= 11 is 3.40. The van der Waals surface area contributed by atoms with E-state index in [0.29, 0.717) is 6.42 Å². The quantitative estimate of drug-likeness (QED) is 0.825. The predicted octanol–water partition coefficient (Wildman–Crippen LogP) is 3.17. The molecule has 3 heteroatoms. The minimum atomic E-state index is -0.306. The number of benzene rings is 1. The first-order valence-electron chi connectivity index (χ1n) is 5.02. The molecule has 2 nitrogen and oxygen atoms in total. The van der Waals surface area contributed by atoms with E-state index >= 15 is 0 Å². The highest BCUT2D eigenvalue weighted by Crippen LogP contribution is 2.14. The molecule has 1 aromatic rings.